The van der Waals surface area contributed by atoms with Gasteiger partial charge in [0.1, 0.15) is 11.5 Å². The van der Waals surface area contributed by atoms with Crippen molar-refractivity contribution in [1.82, 2.24) is 0 Å². The minimum absolute atomic E-state index is 0.133. The van der Waals surface area contributed by atoms with Crippen LogP contribution in [0.1, 0.15) is 18.4 Å². The van der Waals surface area contributed by atoms with Crippen molar-refractivity contribution in [2.45, 2.75) is 32.0 Å². The van der Waals surface area contributed by atoms with Crippen LogP contribution in [0.2, 0.25) is 5.02 Å². The van der Waals surface area contributed by atoms with E-state index in [1.165, 1.54) is 18.2 Å². The summed E-state index contributed by atoms with van der Waals surface area (Å²) in [5.74, 6) is -1.18. The first-order valence-electron chi connectivity index (χ1n) is 9.60. The number of rotatable bonds is 4. The molecule has 3 aliphatic rings. The number of fused-ring (bicyclic) bond motifs is 5. The Bertz CT molecular complexity index is 1070. The Labute approximate surface area is 176 Å². The molecule has 2 amide bonds. The Morgan fingerprint density at radius 2 is 1.73 bits per heavy atom. The molecular formula is C21H17ClN2O6. The van der Waals surface area contributed by atoms with Crippen LogP contribution in [0, 0.1) is 28.9 Å². The lowest BCUT2D eigenvalue weighted by Crippen LogP contribution is -2.34. The standard InChI is InChI=1S/C21H17ClN2O6/c1-10-6-13(2-3-15(10)22)29-14-8-11(7-12(9-14)24(27)28)23-20(25)18-16-4-5-17(30-16)19(18)21(23)26/h2-3,6-9,16-19H,4-5H2,1H3/t16-,17-,18-,19-/m1/s1. The molecule has 0 unspecified atom stereocenters. The lowest BCUT2D eigenvalue weighted by atomic mass is 9.81. The number of ether oxygens (including phenoxy) is 2. The number of aryl methyl sites for hydroxylation is 1. The number of carbonyl (C=O) groups excluding carboxylic acids is 2. The number of non-ortho nitro benzene ring substituents is 1. The molecule has 3 fully saturated rings. The first-order chi connectivity index (χ1) is 14.3. The van der Waals surface area contributed by atoms with Gasteiger partial charge in [-0.1, -0.05) is 11.6 Å². The third-order valence-corrected chi connectivity index (χ3v) is 6.42. The van der Waals surface area contributed by atoms with E-state index in [2.05, 4.69) is 0 Å². The second-order valence-electron chi connectivity index (χ2n) is 7.81. The fraction of sp³-hybridized carbons (Fsp3) is 0.333. The second kappa shape index (κ2) is 6.78. The van der Waals surface area contributed by atoms with Gasteiger partial charge in [0.25, 0.3) is 5.69 Å². The maximum atomic E-state index is 13.0. The zero-order valence-electron chi connectivity index (χ0n) is 15.9. The van der Waals surface area contributed by atoms with Crippen LogP contribution in [0.15, 0.2) is 36.4 Å². The molecule has 4 atom stereocenters. The number of carbonyl (C=O) groups is 2. The Balaban J connectivity index is 1.52. The van der Waals surface area contributed by atoms with Crippen LogP contribution in [0.4, 0.5) is 11.4 Å². The molecule has 2 aromatic rings. The van der Waals surface area contributed by atoms with E-state index in [-0.39, 0.29) is 41.1 Å². The Kier molecular flexibility index (Phi) is 4.30. The van der Waals surface area contributed by atoms with Crippen LogP contribution in [-0.4, -0.2) is 28.9 Å². The molecule has 30 heavy (non-hydrogen) atoms. The Morgan fingerprint density at radius 1 is 1.07 bits per heavy atom. The smallest absolute Gasteiger partial charge is 0.275 e. The van der Waals surface area contributed by atoms with Crippen LogP contribution < -0.4 is 9.64 Å². The van der Waals surface area contributed by atoms with Gasteiger partial charge in [0.15, 0.2) is 0 Å². The normalized spacial score (nSPS) is 26.9. The van der Waals surface area contributed by atoms with Crippen LogP contribution in [0.25, 0.3) is 0 Å². The van der Waals surface area contributed by atoms with E-state index in [9.17, 15) is 19.7 Å². The molecule has 0 radical (unpaired) electrons. The number of nitro benzene ring substituents is 1. The van der Waals surface area contributed by atoms with Crippen molar-refractivity contribution in [3.05, 3.63) is 57.1 Å². The van der Waals surface area contributed by atoms with Crippen LogP contribution in [-0.2, 0) is 14.3 Å². The fourth-order valence-electron chi connectivity index (χ4n) is 4.64. The highest BCUT2D eigenvalue weighted by molar-refractivity contribution is 6.31. The van der Waals surface area contributed by atoms with Crippen molar-refractivity contribution < 1.29 is 24.0 Å². The highest BCUT2D eigenvalue weighted by atomic mass is 35.5. The van der Waals surface area contributed by atoms with Crippen molar-refractivity contribution in [2.24, 2.45) is 11.8 Å². The van der Waals surface area contributed by atoms with Gasteiger partial charge < -0.3 is 9.47 Å². The van der Waals surface area contributed by atoms with Crippen molar-refractivity contribution in [3.8, 4) is 11.5 Å². The third kappa shape index (κ3) is 2.86. The first kappa shape index (κ1) is 19.0. The molecule has 3 heterocycles. The zero-order chi connectivity index (χ0) is 21.2. The predicted octanol–water partition coefficient (Wildman–Crippen LogP) is 4.02. The third-order valence-electron chi connectivity index (χ3n) is 5.99. The second-order valence-corrected chi connectivity index (χ2v) is 8.22. The molecule has 3 saturated heterocycles. The van der Waals surface area contributed by atoms with Crippen molar-refractivity contribution in [2.75, 3.05) is 4.90 Å². The Morgan fingerprint density at radius 3 is 2.33 bits per heavy atom. The minimum Gasteiger partial charge on any atom is -0.457 e. The molecule has 2 bridgehead atoms. The van der Waals surface area contributed by atoms with Gasteiger partial charge in [-0.2, -0.15) is 0 Å². The van der Waals surface area contributed by atoms with Gasteiger partial charge in [0, 0.05) is 17.2 Å². The van der Waals surface area contributed by atoms with E-state index in [0.29, 0.717) is 10.8 Å². The van der Waals surface area contributed by atoms with Crippen molar-refractivity contribution in [3.63, 3.8) is 0 Å². The van der Waals surface area contributed by atoms with Gasteiger partial charge >= 0.3 is 0 Å². The summed E-state index contributed by atoms with van der Waals surface area (Å²) in [7, 11) is 0. The van der Waals surface area contributed by atoms with E-state index in [0.717, 1.165) is 23.3 Å². The van der Waals surface area contributed by atoms with Gasteiger partial charge in [0.05, 0.1) is 40.7 Å². The molecule has 9 heteroatoms. The number of nitro groups is 1. The van der Waals surface area contributed by atoms with Gasteiger partial charge in [-0.25, -0.2) is 4.90 Å². The summed E-state index contributed by atoms with van der Waals surface area (Å²) in [4.78, 5) is 38.0. The largest absolute Gasteiger partial charge is 0.457 e. The molecular weight excluding hydrogens is 412 g/mol. The fourth-order valence-corrected chi connectivity index (χ4v) is 4.76. The molecule has 5 rings (SSSR count). The van der Waals surface area contributed by atoms with E-state index in [4.69, 9.17) is 21.1 Å². The summed E-state index contributed by atoms with van der Waals surface area (Å²) in [6.45, 7) is 1.81. The van der Waals surface area contributed by atoms with E-state index in [1.807, 2.05) is 6.92 Å². The molecule has 2 aromatic carbocycles. The average Bonchev–Trinajstić information content (AvgIpc) is 3.38. The molecule has 0 saturated carbocycles. The summed E-state index contributed by atoms with van der Waals surface area (Å²) in [6, 6.07) is 8.95. The first-order valence-corrected chi connectivity index (χ1v) is 9.98. The number of amides is 2. The number of anilines is 1. The van der Waals surface area contributed by atoms with Crippen LogP contribution in [0.3, 0.4) is 0 Å². The lowest BCUT2D eigenvalue weighted by Gasteiger charge is -2.18. The number of hydrogen-bond donors (Lipinski definition) is 0. The van der Waals surface area contributed by atoms with E-state index < -0.39 is 16.8 Å². The number of hydrogen-bond acceptors (Lipinski definition) is 6. The average molecular weight is 429 g/mol. The summed E-state index contributed by atoms with van der Waals surface area (Å²) in [6.07, 6.45) is 0.983. The molecule has 0 aliphatic carbocycles. The highest BCUT2D eigenvalue weighted by Crippen LogP contribution is 2.50. The zero-order valence-corrected chi connectivity index (χ0v) is 16.7. The molecule has 0 aromatic heterocycles. The number of imide groups is 1. The summed E-state index contributed by atoms with van der Waals surface area (Å²) < 4.78 is 11.5. The minimum atomic E-state index is -0.581. The SMILES string of the molecule is Cc1cc(Oc2cc(N3C(=O)[C@H]4[C@H](C3=O)[C@H]3CC[C@H]4O3)cc([N+](=O)[O-])c2)ccc1Cl. The molecule has 0 spiro atoms. The van der Waals surface area contributed by atoms with Gasteiger partial charge in [-0.3, -0.25) is 19.7 Å². The quantitative estimate of drug-likeness (QED) is 0.414. The summed E-state index contributed by atoms with van der Waals surface area (Å²) in [5.41, 5.74) is 0.645. The van der Waals surface area contributed by atoms with Crippen molar-refractivity contribution in [1.29, 1.82) is 0 Å². The number of halogens is 1. The number of benzene rings is 2. The van der Waals surface area contributed by atoms with Crippen LogP contribution in [0.5, 0.6) is 11.5 Å². The maximum Gasteiger partial charge on any atom is 0.275 e. The van der Waals surface area contributed by atoms with E-state index in [1.54, 1.807) is 18.2 Å². The molecule has 0 N–H and O–H groups in total. The van der Waals surface area contributed by atoms with Gasteiger partial charge in [-0.15, -0.1) is 0 Å². The molecule has 154 valence electrons. The molecule has 3 aliphatic heterocycles. The topological polar surface area (TPSA) is 99.0 Å². The van der Waals surface area contributed by atoms with Gasteiger partial charge in [0.2, 0.25) is 11.8 Å². The van der Waals surface area contributed by atoms with Crippen molar-refractivity contribution >= 4 is 34.8 Å². The van der Waals surface area contributed by atoms with Crippen LogP contribution >= 0.6 is 11.6 Å². The van der Waals surface area contributed by atoms with E-state index >= 15 is 0 Å². The monoisotopic (exact) mass is 428 g/mol. The summed E-state index contributed by atoms with van der Waals surface area (Å²) in [5, 5.41) is 12.0. The Hall–Kier alpha value is -2.97. The van der Waals surface area contributed by atoms with Gasteiger partial charge in [-0.05, 0) is 43.5 Å². The lowest BCUT2D eigenvalue weighted by molar-refractivity contribution is -0.384. The molecule has 8 nitrogen and oxygen atoms in total. The highest BCUT2D eigenvalue weighted by Gasteiger charge is 2.62. The maximum absolute atomic E-state index is 13.0. The predicted molar refractivity (Wildman–Crippen MR) is 107 cm³/mol. The summed E-state index contributed by atoms with van der Waals surface area (Å²) >= 11 is 6.03. The number of nitrogens with zero attached hydrogens (tertiary/aromatic N) is 2.